The molecule has 2 aliphatic rings. The Morgan fingerprint density at radius 1 is 1.39 bits per heavy atom. The van der Waals surface area contributed by atoms with Crippen LogP contribution < -0.4 is 0 Å². The van der Waals surface area contributed by atoms with Crippen LogP contribution in [0.2, 0.25) is 0 Å². The van der Waals surface area contributed by atoms with Crippen LogP contribution >= 0.6 is 11.8 Å². The van der Waals surface area contributed by atoms with Crippen molar-refractivity contribution in [3.05, 3.63) is 0 Å². The van der Waals surface area contributed by atoms with Crippen molar-refractivity contribution in [1.82, 2.24) is 0 Å². The van der Waals surface area contributed by atoms with Gasteiger partial charge in [-0.3, -0.25) is 0 Å². The molecule has 4 heteroatoms. The predicted molar refractivity (Wildman–Crippen MR) is 73.4 cm³/mol. The van der Waals surface area contributed by atoms with E-state index in [0.29, 0.717) is 24.4 Å². The lowest BCUT2D eigenvalue weighted by atomic mass is 9.75. The van der Waals surface area contributed by atoms with E-state index in [4.69, 9.17) is 9.47 Å². The first-order valence-electron chi connectivity index (χ1n) is 7.01. The summed E-state index contributed by atoms with van der Waals surface area (Å²) in [5.74, 6) is 2.48. The summed E-state index contributed by atoms with van der Waals surface area (Å²) in [6.07, 6.45) is 3.53. The number of hydrogen-bond acceptors (Lipinski definition) is 4. The molecule has 1 heterocycles. The number of carbonyl (C=O) groups is 1. The number of ether oxygens (including phenoxy) is 2. The Bertz CT molecular complexity index is 287. The molecule has 0 aromatic carbocycles. The van der Waals surface area contributed by atoms with Gasteiger partial charge in [-0.15, -0.1) is 11.8 Å². The number of carbonyl (C=O) groups excluding carboxylic acids is 1. The van der Waals surface area contributed by atoms with Crippen molar-refractivity contribution in [2.24, 2.45) is 17.8 Å². The smallest absolute Gasteiger partial charge is 0.346 e. The van der Waals surface area contributed by atoms with Crippen molar-refractivity contribution in [3.8, 4) is 0 Å². The Morgan fingerprint density at radius 3 is 2.78 bits per heavy atom. The molecule has 18 heavy (non-hydrogen) atoms. The van der Waals surface area contributed by atoms with Gasteiger partial charge in [-0.2, -0.15) is 0 Å². The Kier molecular flexibility index (Phi) is 4.96. The van der Waals surface area contributed by atoms with Gasteiger partial charge in [0.15, 0.2) is 0 Å². The minimum absolute atomic E-state index is 0.0889. The van der Waals surface area contributed by atoms with Gasteiger partial charge in [0.2, 0.25) is 5.44 Å². The van der Waals surface area contributed by atoms with Gasteiger partial charge < -0.3 is 9.47 Å². The van der Waals surface area contributed by atoms with Crippen molar-refractivity contribution in [2.75, 3.05) is 12.4 Å². The maximum absolute atomic E-state index is 12.0. The first kappa shape index (κ1) is 14.2. The lowest BCUT2D eigenvalue weighted by Crippen LogP contribution is -2.37. The topological polar surface area (TPSA) is 35.5 Å². The molecule has 2 rings (SSSR count). The van der Waals surface area contributed by atoms with Crippen LogP contribution in [-0.4, -0.2) is 29.9 Å². The summed E-state index contributed by atoms with van der Waals surface area (Å²) in [7, 11) is 0. The summed E-state index contributed by atoms with van der Waals surface area (Å²) >= 11 is 1.55. The van der Waals surface area contributed by atoms with Crippen LogP contribution in [0.4, 0.5) is 0 Å². The molecule has 1 aliphatic heterocycles. The van der Waals surface area contributed by atoms with Gasteiger partial charge in [0.1, 0.15) is 6.10 Å². The molecular weight excluding hydrogens is 248 g/mol. The van der Waals surface area contributed by atoms with Crippen molar-refractivity contribution in [2.45, 2.75) is 51.6 Å². The van der Waals surface area contributed by atoms with Gasteiger partial charge in [0, 0.05) is 5.75 Å². The third-order valence-corrected chi connectivity index (χ3v) is 5.08. The van der Waals surface area contributed by atoms with E-state index in [2.05, 4.69) is 20.8 Å². The molecule has 0 spiro atoms. The zero-order chi connectivity index (χ0) is 13.1. The van der Waals surface area contributed by atoms with Crippen LogP contribution in [0.25, 0.3) is 0 Å². The molecule has 4 atom stereocenters. The van der Waals surface area contributed by atoms with Gasteiger partial charge in [0.25, 0.3) is 0 Å². The quantitative estimate of drug-likeness (QED) is 0.740. The second kappa shape index (κ2) is 6.29. The molecule has 0 N–H and O–H groups in total. The van der Waals surface area contributed by atoms with E-state index in [1.165, 1.54) is 12.8 Å². The highest BCUT2D eigenvalue weighted by Gasteiger charge is 2.36. The molecular formula is C14H24O3S. The molecule has 104 valence electrons. The summed E-state index contributed by atoms with van der Waals surface area (Å²) in [5.41, 5.74) is -0.380. The minimum Gasteiger partial charge on any atom is -0.459 e. The molecule has 0 amide bonds. The first-order chi connectivity index (χ1) is 8.58. The van der Waals surface area contributed by atoms with Gasteiger partial charge in [0.05, 0.1) is 6.61 Å². The van der Waals surface area contributed by atoms with E-state index < -0.39 is 0 Å². The molecule has 0 radical (unpaired) electrons. The van der Waals surface area contributed by atoms with E-state index in [0.717, 1.165) is 12.2 Å². The average molecular weight is 272 g/mol. The SMILES string of the molecule is CC1CC[C@@H](C(C)C)[C@H](OC(=O)[C@H]2OCCS2)C1. The summed E-state index contributed by atoms with van der Waals surface area (Å²) in [6, 6.07) is 0. The lowest BCUT2D eigenvalue weighted by molar-refractivity contribution is -0.162. The third kappa shape index (κ3) is 3.41. The van der Waals surface area contributed by atoms with Crippen molar-refractivity contribution in [3.63, 3.8) is 0 Å². The predicted octanol–water partition coefficient (Wildman–Crippen LogP) is 3.08. The van der Waals surface area contributed by atoms with Crippen LogP contribution in [0.5, 0.6) is 0 Å². The highest BCUT2D eigenvalue weighted by molar-refractivity contribution is 8.00. The van der Waals surface area contributed by atoms with Crippen LogP contribution in [0, 0.1) is 17.8 Å². The number of hydrogen-bond donors (Lipinski definition) is 0. The molecule has 1 aliphatic carbocycles. The standard InChI is InChI=1S/C14H24O3S/c1-9(2)11-5-4-10(3)8-12(11)17-13(15)14-16-6-7-18-14/h9-12,14H,4-8H2,1-3H3/t10?,11-,12+,14-/m0/s1. The van der Waals surface area contributed by atoms with E-state index >= 15 is 0 Å². The van der Waals surface area contributed by atoms with Gasteiger partial charge in [-0.1, -0.05) is 27.2 Å². The molecule has 1 saturated heterocycles. The zero-order valence-corrected chi connectivity index (χ0v) is 12.4. The zero-order valence-electron chi connectivity index (χ0n) is 11.6. The first-order valence-corrected chi connectivity index (χ1v) is 8.06. The third-order valence-electron chi connectivity index (χ3n) is 4.04. The maximum atomic E-state index is 12.0. The fourth-order valence-corrected chi connectivity index (χ4v) is 3.74. The molecule has 3 nitrogen and oxygen atoms in total. The summed E-state index contributed by atoms with van der Waals surface area (Å²) < 4.78 is 11.1. The Labute approximate surface area is 114 Å². The number of rotatable bonds is 3. The molecule has 1 unspecified atom stereocenters. The second-order valence-electron chi connectivity index (χ2n) is 5.87. The van der Waals surface area contributed by atoms with E-state index in [-0.39, 0.29) is 17.5 Å². The highest BCUT2D eigenvalue weighted by atomic mass is 32.2. The Morgan fingerprint density at radius 2 is 2.17 bits per heavy atom. The fourth-order valence-electron chi connectivity index (χ4n) is 2.95. The maximum Gasteiger partial charge on any atom is 0.346 e. The van der Waals surface area contributed by atoms with Crippen molar-refractivity contribution >= 4 is 17.7 Å². The number of thioether (sulfide) groups is 1. The van der Waals surface area contributed by atoms with E-state index in [1.807, 2.05) is 0 Å². The molecule has 0 aromatic heterocycles. The van der Waals surface area contributed by atoms with Crippen LogP contribution in [-0.2, 0) is 14.3 Å². The van der Waals surface area contributed by atoms with E-state index in [1.54, 1.807) is 11.8 Å². The van der Waals surface area contributed by atoms with Crippen LogP contribution in [0.3, 0.4) is 0 Å². The van der Waals surface area contributed by atoms with Gasteiger partial charge >= 0.3 is 5.97 Å². The molecule has 0 aromatic rings. The monoisotopic (exact) mass is 272 g/mol. The molecule has 2 fully saturated rings. The largest absolute Gasteiger partial charge is 0.459 e. The summed E-state index contributed by atoms with van der Waals surface area (Å²) in [6.45, 7) is 7.36. The normalized spacial score (nSPS) is 36.9. The highest BCUT2D eigenvalue weighted by Crippen LogP contribution is 2.36. The Hall–Kier alpha value is -0.220. The molecule has 1 saturated carbocycles. The van der Waals surface area contributed by atoms with Gasteiger partial charge in [-0.25, -0.2) is 4.79 Å². The number of esters is 1. The lowest BCUT2D eigenvalue weighted by Gasteiger charge is -2.37. The molecule has 0 bridgehead atoms. The van der Waals surface area contributed by atoms with Crippen LogP contribution in [0.15, 0.2) is 0 Å². The summed E-state index contributed by atoms with van der Waals surface area (Å²) in [5, 5.41) is 0. The summed E-state index contributed by atoms with van der Waals surface area (Å²) in [4.78, 5) is 12.0. The Balaban J connectivity index is 1.93. The van der Waals surface area contributed by atoms with Crippen molar-refractivity contribution < 1.29 is 14.3 Å². The van der Waals surface area contributed by atoms with E-state index in [9.17, 15) is 4.79 Å². The van der Waals surface area contributed by atoms with Crippen LogP contribution in [0.1, 0.15) is 40.0 Å². The average Bonchev–Trinajstić information content (AvgIpc) is 2.81. The second-order valence-corrected chi connectivity index (χ2v) is 7.04. The fraction of sp³-hybridized carbons (Fsp3) is 0.929. The van der Waals surface area contributed by atoms with Gasteiger partial charge in [-0.05, 0) is 30.6 Å². The van der Waals surface area contributed by atoms with Crippen molar-refractivity contribution in [1.29, 1.82) is 0 Å². The minimum atomic E-state index is -0.380.